The number of anilines is 1. The minimum Gasteiger partial charge on any atom is -0.493 e. The van der Waals surface area contributed by atoms with E-state index in [0.717, 1.165) is 5.56 Å². The van der Waals surface area contributed by atoms with Gasteiger partial charge in [-0.3, -0.25) is 9.69 Å². The normalized spacial score (nSPS) is 17.2. The van der Waals surface area contributed by atoms with E-state index in [2.05, 4.69) is 5.32 Å². The molecular formula is C24H29FN2O5. The molecule has 1 heterocycles. The number of nitrogens with one attached hydrogen (secondary N) is 1. The zero-order chi connectivity index (χ0) is 23.3. The van der Waals surface area contributed by atoms with Gasteiger partial charge in [-0.1, -0.05) is 30.3 Å². The van der Waals surface area contributed by atoms with Crippen LogP contribution in [0.4, 0.5) is 14.9 Å². The number of methoxy groups -OCH3 is 1. The first-order chi connectivity index (χ1) is 15.2. The van der Waals surface area contributed by atoms with E-state index in [1.165, 1.54) is 20.1 Å². The molecule has 0 spiro atoms. The van der Waals surface area contributed by atoms with Crippen molar-refractivity contribution in [3.05, 3.63) is 59.4 Å². The van der Waals surface area contributed by atoms with Gasteiger partial charge in [0.25, 0.3) is 0 Å². The van der Waals surface area contributed by atoms with Crippen molar-refractivity contribution in [2.45, 2.75) is 52.0 Å². The Morgan fingerprint density at radius 1 is 1.25 bits per heavy atom. The number of carbonyl (C=O) groups excluding carboxylic acids is 2. The standard InChI is InChI=1S/C24H29FN2O5/c1-16(28)26-19-12-18(22(30-4)21(25)13-19)10-11-20-15-32-24(2,3)27(20)23(29)31-14-17-8-6-5-7-9-17/h5-9,12-13,20H,10-11,14-15H2,1-4H3,(H,26,28)/t20-/m0/s1. The minimum absolute atomic E-state index is 0.121. The third-order valence-corrected chi connectivity index (χ3v) is 5.37. The number of nitrogens with zero attached hydrogens (tertiary/aromatic N) is 1. The summed E-state index contributed by atoms with van der Waals surface area (Å²) in [5, 5.41) is 2.59. The van der Waals surface area contributed by atoms with E-state index in [1.54, 1.807) is 11.0 Å². The molecule has 2 aromatic rings. The van der Waals surface area contributed by atoms with Crippen molar-refractivity contribution in [1.82, 2.24) is 4.90 Å². The van der Waals surface area contributed by atoms with Gasteiger partial charge in [-0.15, -0.1) is 0 Å². The molecule has 0 radical (unpaired) electrons. The monoisotopic (exact) mass is 444 g/mol. The highest BCUT2D eigenvalue weighted by molar-refractivity contribution is 5.88. The van der Waals surface area contributed by atoms with Crippen LogP contribution in [0, 0.1) is 5.82 Å². The van der Waals surface area contributed by atoms with E-state index >= 15 is 0 Å². The molecule has 1 fully saturated rings. The molecule has 0 bridgehead atoms. The summed E-state index contributed by atoms with van der Waals surface area (Å²) in [7, 11) is 1.40. The summed E-state index contributed by atoms with van der Waals surface area (Å²) in [5.41, 5.74) is 1.02. The summed E-state index contributed by atoms with van der Waals surface area (Å²) in [6.45, 7) is 5.49. The minimum atomic E-state index is -0.828. The third kappa shape index (κ3) is 5.56. The maximum atomic E-state index is 14.5. The second-order valence-electron chi connectivity index (χ2n) is 8.19. The highest BCUT2D eigenvalue weighted by Crippen LogP contribution is 2.33. The molecule has 0 unspecified atom stereocenters. The molecule has 8 heteroatoms. The number of hydrogen-bond acceptors (Lipinski definition) is 5. The fraction of sp³-hybridized carbons (Fsp3) is 0.417. The van der Waals surface area contributed by atoms with Gasteiger partial charge in [0.2, 0.25) is 5.91 Å². The van der Waals surface area contributed by atoms with Crippen LogP contribution in [0.25, 0.3) is 0 Å². The number of carbonyl (C=O) groups is 2. The maximum Gasteiger partial charge on any atom is 0.412 e. The molecule has 3 rings (SSSR count). The second kappa shape index (κ2) is 9.99. The van der Waals surface area contributed by atoms with Crippen LogP contribution in [0.1, 0.15) is 38.3 Å². The Morgan fingerprint density at radius 2 is 1.97 bits per heavy atom. The molecule has 7 nitrogen and oxygen atoms in total. The quantitative estimate of drug-likeness (QED) is 0.681. The molecule has 1 saturated heterocycles. The predicted octanol–water partition coefficient (Wildman–Crippen LogP) is 4.50. The Morgan fingerprint density at radius 3 is 2.62 bits per heavy atom. The van der Waals surface area contributed by atoms with Gasteiger partial charge in [-0.25, -0.2) is 9.18 Å². The van der Waals surface area contributed by atoms with Crippen LogP contribution in [-0.4, -0.2) is 42.4 Å². The second-order valence-corrected chi connectivity index (χ2v) is 8.19. The number of aryl methyl sites for hydroxylation is 1. The van der Waals surface area contributed by atoms with Gasteiger partial charge < -0.3 is 19.5 Å². The average Bonchev–Trinajstić information content (AvgIpc) is 3.04. The van der Waals surface area contributed by atoms with Crippen LogP contribution >= 0.6 is 0 Å². The fourth-order valence-corrected chi connectivity index (χ4v) is 3.92. The van der Waals surface area contributed by atoms with E-state index in [0.29, 0.717) is 30.7 Å². The molecule has 2 aromatic carbocycles. The number of rotatable bonds is 7. The topological polar surface area (TPSA) is 77.1 Å². The van der Waals surface area contributed by atoms with Gasteiger partial charge in [0.15, 0.2) is 11.6 Å². The molecule has 1 atom stereocenters. The Bertz CT molecular complexity index is 964. The van der Waals surface area contributed by atoms with E-state index in [1.807, 2.05) is 44.2 Å². The van der Waals surface area contributed by atoms with E-state index in [4.69, 9.17) is 14.2 Å². The number of ether oxygens (including phenoxy) is 3. The summed E-state index contributed by atoms with van der Waals surface area (Å²) in [6, 6.07) is 12.1. The molecule has 0 aliphatic carbocycles. The first-order valence-corrected chi connectivity index (χ1v) is 10.5. The van der Waals surface area contributed by atoms with Crippen LogP contribution < -0.4 is 10.1 Å². The predicted molar refractivity (Wildman–Crippen MR) is 118 cm³/mol. The van der Waals surface area contributed by atoms with E-state index in [9.17, 15) is 14.0 Å². The molecule has 172 valence electrons. The maximum absolute atomic E-state index is 14.5. The first kappa shape index (κ1) is 23.5. The third-order valence-electron chi connectivity index (χ3n) is 5.37. The Hall–Kier alpha value is -3.13. The SMILES string of the molecule is COc1c(F)cc(NC(C)=O)cc1CC[C@H]1COC(C)(C)N1C(=O)OCc1ccccc1. The Balaban J connectivity index is 1.72. The largest absolute Gasteiger partial charge is 0.493 e. The van der Waals surface area contributed by atoms with Gasteiger partial charge in [0, 0.05) is 18.7 Å². The highest BCUT2D eigenvalue weighted by Gasteiger charge is 2.44. The van der Waals surface area contributed by atoms with Gasteiger partial charge >= 0.3 is 6.09 Å². The zero-order valence-electron chi connectivity index (χ0n) is 18.8. The highest BCUT2D eigenvalue weighted by atomic mass is 19.1. The Labute approximate surface area is 187 Å². The van der Waals surface area contributed by atoms with E-state index < -0.39 is 17.6 Å². The summed E-state index contributed by atoms with van der Waals surface area (Å²) in [5.74, 6) is -0.731. The van der Waals surface area contributed by atoms with Gasteiger partial charge in [0.05, 0.1) is 19.8 Å². The number of amides is 2. The number of hydrogen-bond donors (Lipinski definition) is 1. The summed E-state index contributed by atoms with van der Waals surface area (Å²) in [4.78, 5) is 25.9. The van der Waals surface area contributed by atoms with Crippen LogP contribution in [-0.2, 0) is 27.3 Å². The van der Waals surface area contributed by atoms with Crippen molar-refractivity contribution in [3.63, 3.8) is 0 Å². The number of benzene rings is 2. The Kier molecular flexibility index (Phi) is 7.35. The molecule has 0 aromatic heterocycles. The van der Waals surface area contributed by atoms with Crippen LogP contribution in [0.5, 0.6) is 5.75 Å². The fourth-order valence-electron chi connectivity index (χ4n) is 3.92. The van der Waals surface area contributed by atoms with Gasteiger partial charge in [-0.05, 0) is 43.9 Å². The molecule has 2 amide bonds. The first-order valence-electron chi connectivity index (χ1n) is 10.5. The summed E-state index contributed by atoms with van der Waals surface area (Å²) < 4.78 is 31.1. The summed E-state index contributed by atoms with van der Waals surface area (Å²) in [6.07, 6.45) is 0.454. The van der Waals surface area contributed by atoms with Gasteiger partial charge in [-0.2, -0.15) is 0 Å². The number of halogens is 1. The van der Waals surface area contributed by atoms with Crippen LogP contribution in [0.15, 0.2) is 42.5 Å². The molecule has 1 aliphatic heterocycles. The molecule has 1 aliphatic rings. The lowest BCUT2D eigenvalue weighted by Gasteiger charge is -2.32. The van der Waals surface area contributed by atoms with Crippen molar-refractivity contribution in [1.29, 1.82) is 0 Å². The lowest BCUT2D eigenvalue weighted by Crippen LogP contribution is -2.48. The zero-order valence-corrected chi connectivity index (χ0v) is 18.8. The van der Waals surface area contributed by atoms with Crippen LogP contribution in [0.3, 0.4) is 0 Å². The molecule has 32 heavy (non-hydrogen) atoms. The lowest BCUT2D eigenvalue weighted by molar-refractivity contribution is -0.114. The van der Waals surface area contributed by atoms with Crippen molar-refractivity contribution < 1.29 is 28.2 Å². The molecule has 0 saturated carbocycles. The van der Waals surface area contributed by atoms with Crippen molar-refractivity contribution in [3.8, 4) is 5.75 Å². The van der Waals surface area contributed by atoms with Crippen molar-refractivity contribution >= 4 is 17.7 Å². The lowest BCUT2D eigenvalue weighted by atomic mass is 10.0. The average molecular weight is 445 g/mol. The smallest absolute Gasteiger partial charge is 0.412 e. The van der Waals surface area contributed by atoms with Gasteiger partial charge in [0.1, 0.15) is 12.3 Å². The van der Waals surface area contributed by atoms with Crippen molar-refractivity contribution in [2.75, 3.05) is 19.0 Å². The van der Waals surface area contributed by atoms with E-state index in [-0.39, 0.29) is 24.3 Å². The molecule has 1 N–H and O–H groups in total. The summed E-state index contributed by atoms with van der Waals surface area (Å²) >= 11 is 0. The molecular weight excluding hydrogens is 415 g/mol. The van der Waals surface area contributed by atoms with Crippen molar-refractivity contribution in [2.24, 2.45) is 0 Å². The van der Waals surface area contributed by atoms with Crippen LogP contribution in [0.2, 0.25) is 0 Å².